The van der Waals surface area contributed by atoms with E-state index in [4.69, 9.17) is 70.1 Å². The van der Waals surface area contributed by atoms with Crippen molar-refractivity contribution in [2.75, 3.05) is 13.7 Å². The maximum absolute atomic E-state index is 14.2. The van der Waals surface area contributed by atoms with Gasteiger partial charge in [0.25, 0.3) is 11.8 Å². The summed E-state index contributed by atoms with van der Waals surface area (Å²) >= 11 is 25.3. The van der Waals surface area contributed by atoms with Crippen LogP contribution in [0.25, 0.3) is 0 Å². The fourth-order valence-electron chi connectivity index (χ4n) is 5.59. The molecule has 0 spiro atoms. The Morgan fingerprint density at radius 1 is 0.889 bits per heavy atom. The van der Waals surface area contributed by atoms with Crippen LogP contribution in [0.5, 0.6) is 5.75 Å². The maximum atomic E-state index is 14.2. The molecular weight excluding hydrogens is 692 g/mol. The van der Waals surface area contributed by atoms with Crippen molar-refractivity contribution in [1.82, 2.24) is 4.90 Å². The third-order valence-corrected chi connectivity index (χ3v) is 11.0. The molecule has 0 radical (unpaired) electrons. The predicted octanol–water partition coefficient (Wildman–Crippen LogP) is 5.85. The van der Waals surface area contributed by atoms with Gasteiger partial charge in [0.15, 0.2) is 17.8 Å². The van der Waals surface area contributed by atoms with Gasteiger partial charge in [0.2, 0.25) is 0 Å². The molecule has 3 aliphatic rings. The minimum Gasteiger partial charge on any atom is -0.497 e. The minimum absolute atomic E-state index is 0.0562. The highest BCUT2D eigenvalue weighted by Gasteiger charge is 2.59. The molecule has 10 nitrogen and oxygen atoms in total. The van der Waals surface area contributed by atoms with Crippen molar-refractivity contribution in [2.45, 2.75) is 47.9 Å². The summed E-state index contributed by atoms with van der Waals surface area (Å²) < 4.78 is 43.8. The molecule has 0 N–H and O–H groups in total. The number of benzene rings is 3. The standard InChI is InChI=1S/C30H23Cl4NO9S/c1-13(36)42-26-24(35-27(37)18-19(28(35)38)21(32)23(34)22(33)20(18)31)30(45(39)16-6-4-3-5-7-16)43-17-12-41-29(44-25(17)26)14-8-10-15(40-2)11-9-14/h3-11,17,24-26,29-30H,12H2,1-2H3/t17-,24-,25-,26-,29?,30+,45?/m1/s1. The molecule has 6 rings (SSSR count). The number of carbonyl (C=O) groups is 3. The number of esters is 1. The van der Waals surface area contributed by atoms with E-state index in [2.05, 4.69) is 0 Å². The molecule has 7 atom stereocenters. The highest BCUT2D eigenvalue weighted by atomic mass is 35.5. The van der Waals surface area contributed by atoms with Crippen molar-refractivity contribution in [1.29, 1.82) is 0 Å². The SMILES string of the molecule is COc1ccc(C2OC[C@H]3O[C@@H](S(=O)c4ccccc4)[C@H](N4C(=O)c5c(Cl)c(Cl)c(Cl)c(Cl)c5C4=O)[C@@H](OC(C)=O)[C@@H]3O2)cc1. The Labute approximate surface area is 279 Å². The molecule has 0 aliphatic carbocycles. The van der Waals surface area contributed by atoms with Crippen molar-refractivity contribution in [2.24, 2.45) is 0 Å². The zero-order valence-electron chi connectivity index (χ0n) is 23.4. The second-order valence-corrected chi connectivity index (χ2v) is 13.3. The summed E-state index contributed by atoms with van der Waals surface area (Å²) in [6, 6.07) is 13.7. The van der Waals surface area contributed by atoms with Gasteiger partial charge in [0.1, 0.15) is 24.0 Å². The lowest BCUT2D eigenvalue weighted by atomic mass is 9.95. The normalized spacial score (nSPS) is 26.7. The van der Waals surface area contributed by atoms with Gasteiger partial charge in [-0.25, -0.2) is 0 Å². The van der Waals surface area contributed by atoms with E-state index < -0.39 is 64.7 Å². The molecule has 3 heterocycles. The molecule has 236 valence electrons. The Kier molecular flexibility index (Phi) is 9.17. The summed E-state index contributed by atoms with van der Waals surface area (Å²) in [5.74, 6) is -1.97. The Bertz CT molecular complexity index is 1660. The molecule has 2 fully saturated rings. The molecule has 3 aromatic carbocycles. The number of carbonyl (C=O) groups excluding carboxylic acids is 3. The molecule has 2 amide bonds. The lowest BCUT2D eigenvalue weighted by Gasteiger charge is -2.50. The number of halogens is 4. The van der Waals surface area contributed by atoms with E-state index in [1.165, 1.54) is 14.0 Å². The van der Waals surface area contributed by atoms with Gasteiger partial charge in [0, 0.05) is 17.4 Å². The van der Waals surface area contributed by atoms with E-state index in [1.54, 1.807) is 54.6 Å². The molecule has 3 aliphatic heterocycles. The number of hydrogen-bond donors (Lipinski definition) is 0. The van der Waals surface area contributed by atoms with Gasteiger partial charge in [-0.2, -0.15) is 0 Å². The fourth-order valence-corrected chi connectivity index (χ4v) is 8.07. The third kappa shape index (κ3) is 5.63. The number of rotatable bonds is 6. The van der Waals surface area contributed by atoms with Crippen LogP contribution in [0.3, 0.4) is 0 Å². The zero-order valence-corrected chi connectivity index (χ0v) is 27.2. The van der Waals surface area contributed by atoms with Crippen LogP contribution >= 0.6 is 46.4 Å². The zero-order chi connectivity index (χ0) is 32.2. The van der Waals surface area contributed by atoms with Crippen LogP contribution < -0.4 is 4.74 Å². The third-order valence-electron chi connectivity index (χ3n) is 7.61. The molecule has 3 aromatic rings. The first-order valence-electron chi connectivity index (χ1n) is 13.5. The first kappa shape index (κ1) is 32.2. The minimum atomic E-state index is -2.01. The highest BCUT2D eigenvalue weighted by molar-refractivity contribution is 7.85. The predicted molar refractivity (Wildman–Crippen MR) is 164 cm³/mol. The fraction of sp³-hybridized carbons (Fsp3) is 0.300. The molecule has 0 saturated carbocycles. The van der Waals surface area contributed by atoms with Gasteiger partial charge in [-0.1, -0.05) is 76.7 Å². The van der Waals surface area contributed by atoms with E-state index in [-0.39, 0.29) is 37.8 Å². The lowest BCUT2D eigenvalue weighted by molar-refractivity contribution is -0.311. The first-order chi connectivity index (χ1) is 21.5. The number of methoxy groups -OCH3 is 1. The van der Waals surface area contributed by atoms with Crippen LogP contribution in [-0.2, 0) is 34.5 Å². The summed E-state index contributed by atoms with van der Waals surface area (Å²) in [6.45, 7) is 1.11. The van der Waals surface area contributed by atoms with Crippen LogP contribution in [0, 0.1) is 0 Å². The maximum Gasteiger partial charge on any atom is 0.303 e. The van der Waals surface area contributed by atoms with Crippen LogP contribution in [0.2, 0.25) is 20.1 Å². The largest absolute Gasteiger partial charge is 0.497 e. The molecule has 0 bridgehead atoms. The summed E-state index contributed by atoms with van der Waals surface area (Å²) in [7, 11) is -0.477. The Morgan fingerprint density at radius 3 is 2.04 bits per heavy atom. The molecule has 45 heavy (non-hydrogen) atoms. The van der Waals surface area contributed by atoms with Gasteiger partial charge in [0.05, 0.1) is 55.7 Å². The molecule has 2 unspecified atom stereocenters. The van der Waals surface area contributed by atoms with Crippen molar-refractivity contribution in [3.8, 4) is 5.75 Å². The monoisotopic (exact) mass is 713 g/mol. The smallest absolute Gasteiger partial charge is 0.303 e. The second-order valence-electron chi connectivity index (χ2n) is 10.2. The Morgan fingerprint density at radius 2 is 1.49 bits per heavy atom. The topological polar surface area (TPSA) is 118 Å². The van der Waals surface area contributed by atoms with Crippen LogP contribution in [0.1, 0.15) is 39.5 Å². The summed E-state index contributed by atoms with van der Waals surface area (Å²) in [6.07, 6.45) is -4.30. The van der Waals surface area contributed by atoms with Gasteiger partial charge >= 0.3 is 5.97 Å². The molecule has 15 heteroatoms. The number of hydrogen-bond acceptors (Lipinski definition) is 9. The number of ether oxygens (including phenoxy) is 5. The van der Waals surface area contributed by atoms with Crippen molar-refractivity contribution >= 4 is 75.0 Å². The number of imide groups is 1. The van der Waals surface area contributed by atoms with Gasteiger partial charge in [-0.05, 0) is 24.3 Å². The average molecular weight is 715 g/mol. The van der Waals surface area contributed by atoms with E-state index in [1.807, 2.05) is 0 Å². The quantitative estimate of drug-likeness (QED) is 0.134. The van der Waals surface area contributed by atoms with Crippen LogP contribution in [-0.4, -0.2) is 70.4 Å². The second kappa shape index (κ2) is 12.8. The lowest BCUT2D eigenvalue weighted by Crippen LogP contribution is -2.68. The van der Waals surface area contributed by atoms with E-state index in [0.717, 1.165) is 4.90 Å². The van der Waals surface area contributed by atoms with E-state index in [0.29, 0.717) is 16.2 Å². The summed E-state index contributed by atoms with van der Waals surface area (Å²) in [5, 5.41) is -1.02. The Balaban J connectivity index is 1.46. The summed E-state index contributed by atoms with van der Waals surface area (Å²) in [4.78, 5) is 41.9. The number of amides is 2. The number of fused-ring (bicyclic) bond motifs is 2. The van der Waals surface area contributed by atoms with Crippen molar-refractivity contribution < 1.29 is 42.3 Å². The molecule has 0 aromatic heterocycles. The summed E-state index contributed by atoms with van der Waals surface area (Å²) in [5.41, 5.74) is -1.38. The van der Waals surface area contributed by atoms with Crippen molar-refractivity contribution in [3.05, 3.63) is 91.4 Å². The van der Waals surface area contributed by atoms with Gasteiger partial charge < -0.3 is 23.7 Å². The average Bonchev–Trinajstić information content (AvgIpc) is 3.31. The van der Waals surface area contributed by atoms with Gasteiger partial charge in [-0.3, -0.25) is 23.5 Å². The van der Waals surface area contributed by atoms with E-state index in [9.17, 15) is 18.6 Å². The first-order valence-corrected chi connectivity index (χ1v) is 16.2. The molecule has 2 saturated heterocycles. The van der Waals surface area contributed by atoms with Gasteiger partial charge in [-0.15, -0.1) is 0 Å². The highest BCUT2D eigenvalue weighted by Crippen LogP contribution is 2.47. The van der Waals surface area contributed by atoms with Crippen LogP contribution in [0.4, 0.5) is 0 Å². The van der Waals surface area contributed by atoms with Crippen molar-refractivity contribution in [3.63, 3.8) is 0 Å². The van der Waals surface area contributed by atoms with E-state index >= 15 is 0 Å². The number of nitrogens with zero attached hydrogens (tertiary/aromatic N) is 1. The Hall–Kier alpha value is -2.74. The molecular formula is C30H23Cl4NO9S. The van der Waals surface area contributed by atoms with Crippen LogP contribution in [0.15, 0.2) is 59.5 Å².